The van der Waals surface area contributed by atoms with Gasteiger partial charge < -0.3 is 11.1 Å². The number of amides is 2. The number of rotatable bonds is 4. The zero-order valence-corrected chi connectivity index (χ0v) is 9.94. The van der Waals surface area contributed by atoms with Crippen molar-refractivity contribution < 1.29 is 9.59 Å². The summed E-state index contributed by atoms with van der Waals surface area (Å²) in [5.74, 6) is -0.600. The van der Waals surface area contributed by atoms with E-state index in [4.69, 9.17) is 5.73 Å². The summed E-state index contributed by atoms with van der Waals surface area (Å²) in [5.41, 5.74) is 6.41. The molecule has 1 aromatic rings. The Balaban J connectivity index is 2.66. The predicted octanol–water partition coefficient (Wildman–Crippen LogP) is 1.32. The Morgan fingerprint density at radius 3 is 2.29 bits per heavy atom. The fraction of sp³-hybridized carbons (Fsp3) is 0.231. The minimum Gasteiger partial charge on any atom is -0.366 e. The molecule has 90 valence electrons. The largest absolute Gasteiger partial charge is 0.366 e. The molecular formula is C13H16N2O2. The zero-order valence-electron chi connectivity index (χ0n) is 9.94. The second-order valence-electron chi connectivity index (χ2n) is 3.98. The Bertz CT molecular complexity index is 433. The van der Waals surface area contributed by atoms with Crippen LogP contribution in [0.4, 0.5) is 0 Å². The molecule has 0 heterocycles. The van der Waals surface area contributed by atoms with Gasteiger partial charge in [0.25, 0.3) is 0 Å². The Morgan fingerprint density at radius 1 is 1.24 bits per heavy atom. The maximum Gasteiger partial charge on any atom is 0.248 e. The lowest BCUT2D eigenvalue weighted by atomic mass is 10.1. The van der Waals surface area contributed by atoms with Crippen LogP contribution in [0.3, 0.4) is 0 Å². The van der Waals surface area contributed by atoms with Gasteiger partial charge in [0.05, 0.1) is 0 Å². The van der Waals surface area contributed by atoms with Crippen LogP contribution in [0.2, 0.25) is 0 Å². The first kappa shape index (κ1) is 13.0. The average Bonchev–Trinajstić information content (AvgIpc) is 2.26. The van der Waals surface area contributed by atoms with Crippen molar-refractivity contribution in [1.82, 2.24) is 5.32 Å². The minimum absolute atomic E-state index is 0.115. The quantitative estimate of drug-likeness (QED) is 0.768. The summed E-state index contributed by atoms with van der Waals surface area (Å²) in [6.45, 7) is 3.79. The smallest absolute Gasteiger partial charge is 0.248 e. The van der Waals surface area contributed by atoms with Gasteiger partial charge in [-0.15, -0.1) is 0 Å². The number of nitrogens with two attached hydrogens (primary N) is 1. The molecule has 0 aliphatic heterocycles. The molecular weight excluding hydrogens is 216 g/mol. The normalized spacial score (nSPS) is 10.8. The lowest BCUT2D eigenvalue weighted by Crippen LogP contribution is -2.28. The molecule has 4 heteroatoms. The summed E-state index contributed by atoms with van der Waals surface area (Å²) in [6, 6.07) is 6.84. The van der Waals surface area contributed by atoms with Gasteiger partial charge >= 0.3 is 0 Å². The summed E-state index contributed by atoms with van der Waals surface area (Å²) in [7, 11) is 0. The van der Waals surface area contributed by atoms with Crippen LogP contribution in [-0.2, 0) is 4.79 Å². The fourth-order valence-corrected chi connectivity index (χ4v) is 1.26. The summed E-state index contributed by atoms with van der Waals surface area (Å²) < 4.78 is 0. The second-order valence-corrected chi connectivity index (χ2v) is 3.98. The van der Waals surface area contributed by atoms with Gasteiger partial charge in [0.15, 0.2) is 0 Å². The standard InChI is InChI=1S/C13H16N2O2/c1-9(2)15-12(16)8-5-10-3-6-11(7-4-10)13(14)17/h3-9H,1-2H3,(H2,14,17)(H,15,16). The number of primary amides is 1. The SMILES string of the molecule is CC(C)NC(=O)C=Cc1ccc(C(N)=O)cc1. The first-order chi connectivity index (χ1) is 7.99. The van der Waals surface area contributed by atoms with Crippen molar-refractivity contribution >= 4 is 17.9 Å². The second kappa shape index (κ2) is 5.84. The molecule has 0 aromatic heterocycles. The predicted molar refractivity (Wildman–Crippen MR) is 67.3 cm³/mol. The van der Waals surface area contributed by atoms with Crippen LogP contribution in [0.15, 0.2) is 30.3 Å². The maximum atomic E-state index is 11.3. The molecule has 2 amide bonds. The molecule has 17 heavy (non-hydrogen) atoms. The van der Waals surface area contributed by atoms with Crippen molar-refractivity contribution in [3.05, 3.63) is 41.5 Å². The van der Waals surface area contributed by atoms with Crippen LogP contribution in [-0.4, -0.2) is 17.9 Å². The number of carbonyl (C=O) groups excluding carboxylic acids is 2. The molecule has 0 aliphatic rings. The van der Waals surface area contributed by atoms with Gasteiger partial charge in [0, 0.05) is 17.7 Å². The van der Waals surface area contributed by atoms with Gasteiger partial charge in [-0.05, 0) is 37.6 Å². The summed E-state index contributed by atoms with van der Waals surface area (Å²) >= 11 is 0. The van der Waals surface area contributed by atoms with Crippen molar-refractivity contribution in [2.24, 2.45) is 5.73 Å². The number of benzene rings is 1. The van der Waals surface area contributed by atoms with E-state index in [-0.39, 0.29) is 11.9 Å². The van der Waals surface area contributed by atoms with E-state index in [1.807, 2.05) is 13.8 Å². The number of hydrogen-bond donors (Lipinski definition) is 2. The molecule has 0 unspecified atom stereocenters. The zero-order chi connectivity index (χ0) is 12.8. The van der Waals surface area contributed by atoms with E-state index in [9.17, 15) is 9.59 Å². The Morgan fingerprint density at radius 2 is 1.82 bits per heavy atom. The van der Waals surface area contributed by atoms with Crippen molar-refractivity contribution in [1.29, 1.82) is 0 Å². The molecule has 0 aliphatic carbocycles. The van der Waals surface area contributed by atoms with Crippen LogP contribution >= 0.6 is 0 Å². The van der Waals surface area contributed by atoms with E-state index in [0.717, 1.165) is 5.56 Å². The third kappa shape index (κ3) is 4.51. The van der Waals surface area contributed by atoms with Gasteiger partial charge in [0.1, 0.15) is 0 Å². The van der Waals surface area contributed by atoms with E-state index in [1.165, 1.54) is 6.08 Å². The van der Waals surface area contributed by atoms with Crippen molar-refractivity contribution in [3.8, 4) is 0 Å². The molecule has 0 bridgehead atoms. The van der Waals surface area contributed by atoms with Crippen LogP contribution in [0, 0.1) is 0 Å². The van der Waals surface area contributed by atoms with Crippen molar-refractivity contribution in [2.75, 3.05) is 0 Å². The lowest BCUT2D eigenvalue weighted by Gasteiger charge is -2.04. The molecule has 0 atom stereocenters. The Kier molecular flexibility index (Phi) is 4.46. The highest BCUT2D eigenvalue weighted by molar-refractivity contribution is 5.94. The van der Waals surface area contributed by atoms with Gasteiger partial charge in [0.2, 0.25) is 11.8 Å². The van der Waals surface area contributed by atoms with Gasteiger partial charge in [-0.1, -0.05) is 12.1 Å². The van der Waals surface area contributed by atoms with E-state index in [2.05, 4.69) is 5.32 Å². The molecule has 4 nitrogen and oxygen atoms in total. The van der Waals surface area contributed by atoms with Gasteiger partial charge in [-0.2, -0.15) is 0 Å². The number of carbonyl (C=O) groups is 2. The fourth-order valence-electron chi connectivity index (χ4n) is 1.26. The molecule has 0 saturated carbocycles. The molecule has 0 saturated heterocycles. The Labute approximate surface area is 101 Å². The average molecular weight is 232 g/mol. The molecule has 0 fully saturated rings. The Hall–Kier alpha value is -2.10. The van der Waals surface area contributed by atoms with Crippen molar-refractivity contribution in [3.63, 3.8) is 0 Å². The summed E-state index contributed by atoms with van der Waals surface area (Å²) in [4.78, 5) is 22.2. The van der Waals surface area contributed by atoms with Gasteiger partial charge in [-0.3, -0.25) is 9.59 Å². The molecule has 1 rings (SSSR count). The summed E-state index contributed by atoms with van der Waals surface area (Å²) in [5, 5.41) is 2.74. The van der Waals surface area contributed by atoms with Crippen molar-refractivity contribution in [2.45, 2.75) is 19.9 Å². The van der Waals surface area contributed by atoms with E-state index >= 15 is 0 Å². The van der Waals surface area contributed by atoms with Crippen LogP contribution in [0.1, 0.15) is 29.8 Å². The minimum atomic E-state index is -0.460. The summed E-state index contributed by atoms with van der Waals surface area (Å²) in [6.07, 6.45) is 3.14. The highest BCUT2D eigenvalue weighted by Crippen LogP contribution is 2.05. The monoisotopic (exact) mass is 232 g/mol. The lowest BCUT2D eigenvalue weighted by molar-refractivity contribution is -0.116. The highest BCUT2D eigenvalue weighted by Gasteiger charge is 1.99. The first-order valence-electron chi connectivity index (χ1n) is 5.37. The first-order valence-corrected chi connectivity index (χ1v) is 5.37. The molecule has 0 radical (unpaired) electrons. The van der Waals surface area contributed by atoms with Gasteiger partial charge in [-0.25, -0.2) is 0 Å². The maximum absolute atomic E-state index is 11.3. The van der Waals surface area contributed by atoms with Crippen LogP contribution in [0.5, 0.6) is 0 Å². The topological polar surface area (TPSA) is 72.2 Å². The van der Waals surface area contributed by atoms with E-state index < -0.39 is 5.91 Å². The number of hydrogen-bond acceptors (Lipinski definition) is 2. The molecule has 1 aromatic carbocycles. The highest BCUT2D eigenvalue weighted by atomic mass is 16.1. The molecule has 0 spiro atoms. The van der Waals surface area contributed by atoms with Crippen LogP contribution < -0.4 is 11.1 Å². The van der Waals surface area contributed by atoms with Crippen LogP contribution in [0.25, 0.3) is 6.08 Å². The number of nitrogens with one attached hydrogen (secondary N) is 1. The third-order valence-corrected chi connectivity index (χ3v) is 2.05. The van der Waals surface area contributed by atoms with E-state index in [1.54, 1.807) is 30.3 Å². The van der Waals surface area contributed by atoms with E-state index in [0.29, 0.717) is 5.56 Å². The third-order valence-electron chi connectivity index (χ3n) is 2.05. The molecule has 3 N–H and O–H groups in total.